The second-order valence-corrected chi connectivity index (χ2v) is 16.8. The predicted molar refractivity (Wildman–Crippen MR) is 281 cm³/mol. The molecular formula is C63H45N5. The first-order chi connectivity index (χ1) is 33.6. The van der Waals surface area contributed by atoms with Crippen molar-refractivity contribution in [2.24, 2.45) is 0 Å². The Morgan fingerprint density at radius 1 is 0.382 bits per heavy atom. The van der Waals surface area contributed by atoms with Gasteiger partial charge in [0.2, 0.25) is 0 Å². The third-order valence-electron chi connectivity index (χ3n) is 12.3. The molecule has 0 aliphatic carbocycles. The summed E-state index contributed by atoms with van der Waals surface area (Å²) >= 11 is 0. The molecule has 0 N–H and O–H groups in total. The number of anilines is 2. The summed E-state index contributed by atoms with van der Waals surface area (Å²) in [6.45, 7) is 4.55. The Balaban J connectivity index is 1.00. The number of allylic oxidation sites excluding steroid dienone is 4. The van der Waals surface area contributed by atoms with E-state index in [9.17, 15) is 0 Å². The molecule has 0 radical (unpaired) electrons. The first-order valence-corrected chi connectivity index (χ1v) is 22.8. The Kier molecular flexibility index (Phi) is 11.5. The second-order valence-electron chi connectivity index (χ2n) is 16.8. The average Bonchev–Trinajstić information content (AvgIpc) is 3.49. The molecule has 11 rings (SSSR count). The third kappa shape index (κ3) is 8.84. The molecule has 0 saturated heterocycles. The van der Waals surface area contributed by atoms with Gasteiger partial charge in [-0.05, 0) is 134 Å². The van der Waals surface area contributed by atoms with E-state index < -0.39 is 0 Å². The lowest BCUT2D eigenvalue weighted by Gasteiger charge is -2.28. The average molecular weight is 872 g/mol. The largest absolute Gasteiger partial charge is 0.311 e. The number of pyridine rings is 1. The standard InChI is InChI=1S/C63H45N5/c1-44-18-14-25-49(38-58-39-51(45-19-6-2-7-20-45)33-34-60(58)68(44)59-31-12-5-13-32-59)48-26-15-28-52(36-48)61-65-62(67-63(66-61)54-30-17-35-64-43-54)53-29-16-27-50(37-53)57-41-55(46-21-8-3-9-22-46)40-56(42-57)47-23-10-4-11-24-47/h2-37,39-43H,1,38H2/b18-14-,49-25+. The van der Waals surface area contributed by atoms with Crippen LogP contribution in [0.5, 0.6) is 0 Å². The van der Waals surface area contributed by atoms with Gasteiger partial charge in [-0.3, -0.25) is 4.98 Å². The normalized spacial score (nSPS) is 13.6. The number of para-hydroxylation sites is 1. The van der Waals surface area contributed by atoms with Gasteiger partial charge in [0.25, 0.3) is 0 Å². The van der Waals surface area contributed by atoms with Gasteiger partial charge in [0.15, 0.2) is 17.5 Å². The van der Waals surface area contributed by atoms with Crippen LogP contribution in [0.4, 0.5) is 11.4 Å². The Labute approximate surface area is 397 Å². The van der Waals surface area contributed by atoms with E-state index in [0.717, 1.165) is 83.8 Å². The maximum Gasteiger partial charge on any atom is 0.165 e. The molecule has 2 aromatic heterocycles. The zero-order chi connectivity index (χ0) is 45.7. The number of rotatable bonds is 9. The van der Waals surface area contributed by atoms with Crippen LogP contribution in [0.3, 0.4) is 0 Å². The molecular weight excluding hydrogens is 827 g/mol. The van der Waals surface area contributed by atoms with Crippen LogP contribution in [0.2, 0.25) is 0 Å². The highest BCUT2D eigenvalue weighted by Gasteiger charge is 2.20. The van der Waals surface area contributed by atoms with Crippen LogP contribution in [-0.4, -0.2) is 19.9 Å². The molecule has 1 aliphatic rings. The van der Waals surface area contributed by atoms with Crippen molar-refractivity contribution in [3.63, 3.8) is 0 Å². The first kappa shape index (κ1) is 41.6. The van der Waals surface area contributed by atoms with Gasteiger partial charge in [0.05, 0.1) is 0 Å². The number of fused-ring (bicyclic) bond motifs is 1. The minimum absolute atomic E-state index is 0.554. The van der Waals surface area contributed by atoms with Crippen LogP contribution < -0.4 is 4.90 Å². The fraction of sp³-hybridized carbons (Fsp3) is 0.0159. The Hall–Kier alpha value is -9.06. The van der Waals surface area contributed by atoms with E-state index in [2.05, 4.69) is 235 Å². The smallest absolute Gasteiger partial charge is 0.165 e. The molecule has 0 spiro atoms. The molecule has 1 aliphatic heterocycles. The molecule has 5 heteroatoms. The van der Waals surface area contributed by atoms with Crippen molar-refractivity contribution in [2.75, 3.05) is 4.90 Å². The van der Waals surface area contributed by atoms with Gasteiger partial charge in [-0.1, -0.05) is 170 Å². The highest BCUT2D eigenvalue weighted by Crippen LogP contribution is 2.40. The summed E-state index contributed by atoms with van der Waals surface area (Å²) < 4.78 is 0. The number of nitrogens with zero attached hydrogens (tertiary/aromatic N) is 5. The SMILES string of the molecule is C=C1/C=C\C=C(\c2cccc(-c3nc(-c4cccnc4)nc(-c4cccc(-c5cc(-c6ccccc6)cc(-c6ccccc6)c5)c4)n3)c2)Cc2cc(-c3ccccc3)ccc2N1c1ccccc1. The minimum Gasteiger partial charge on any atom is -0.311 e. The maximum absolute atomic E-state index is 5.24. The quantitative estimate of drug-likeness (QED) is 0.145. The highest BCUT2D eigenvalue weighted by atomic mass is 15.1. The van der Waals surface area contributed by atoms with Crippen molar-refractivity contribution in [2.45, 2.75) is 6.42 Å². The third-order valence-corrected chi connectivity index (χ3v) is 12.3. The summed E-state index contributed by atoms with van der Waals surface area (Å²) in [5.74, 6) is 1.71. The van der Waals surface area contributed by atoms with Gasteiger partial charge in [-0.2, -0.15) is 0 Å². The van der Waals surface area contributed by atoms with E-state index in [0.29, 0.717) is 23.9 Å². The van der Waals surface area contributed by atoms with Gasteiger partial charge in [0.1, 0.15) is 0 Å². The van der Waals surface area contributed by atoms with Gasteiger partial charge in [-0.15, -0.1) is 0 Å². The molecule has 0 fully saturated rings. The van der Waals surface area contributed by atoms with Crippen molar-refractivity contribution in [1.82, 2.24) is 19.9 Å². The molecule has 0 saturated carbocycles. The Morgan fingerprint density at radius 3 is 1.43 bits per heavy atom. The van der Waals surface area contributed by atoms with Crippen LogP contribution in [0.1, 0.15) is 11.1 Å². The van der Waals surface area contributed by atoms with Crippen molar-refractivity contribution < 1.29 is 0 Å². The molecule has 5 nitrogen and oxygen atoms in total. The summed E-state index contributed by atoms with van der Waals surface area (Å²) in [6, 6.07) is 76.6. The molecule has 0 atom stereocenters. The topological polar surface area (TPSA) is 54.8 Å². The molecule has 322 valence electrons. The lowest BCUT2D eigenvalue weighted by molar-refractivity contribution is 1.07. The summed E-state index contributed by atoms with van der Waals surface area (Å²) in [7, 11) is 0. The second kappa shape index (κ2) is 18.8. The summed E-state index contributed by atoms with van der Waals surface area (Å²) in [5.41, 5.74) is 18.1. The monoisotopic (exact) mass is 871 g/mol. The number of hydrogen-bond donors (Lipinski definition) is 0. The Morgan fingerprint density at radius 2 is 0.838 bits per heavy atom. The molecule has 3 heterocycles. The summed E-state index contributed by atoms with van der Waals surface area (Å²) in [5, 5.41) is 0. The highest BCUT2D eigenvalue weighted by molar-refractivity contribution is 5.84. The van der Waals surface area contributed by atoms with Gasteiger partial charge in [0, 0.05) is 52.6 Å². The Bertz CT molecular complexity index is 3420. The fourth-order valence-corrected chi connectivity index (χ4v) is 8.95. The molecule has 0 unspecified atom stereocenters. The summed E-state index contributed by atoms with van der Waals surface area (Å²) in [4.78, 5) is 22.2. The van der Waals surface area contributed by atoms with E-state index in [1.54, 1.807) is 12.4 Å². The molecule has 8 aromatic carbocycles. The summed E-state index contributed by atoms with van der Waals surface area (Å²) in [6.07, 6.45) is 10.6. The fourth-order valence-electron chi connectivity index (χ4n) is 8.95. The van der Waals surface area contributed by atoms with E-state index >= 15 is 0 Å². The van der Waals surface area contributed by atoms with Gasteiger partial charge in [-0.25, -0.2) is 15.0 Å². The van der Waals surface area contributed by atoms with Crippen LogP contribution in [0.25, 0.3) is 84.2 Å². The van der Waals surface area contributed by atoms with Crippen LogP contribution >= 0.6 is 0 Å². The van der Waals surface area contributed by atoms with Crippen LogP contribution in [0.15, 0.2) is 261 Å². The first-order valence-electron chi connectivity index (χ1n) is 22.8. The van der Waals surface area contributed by atoms with Crippen molar-refractivity contribution >= 4 is 16.9 Å². The lowest BCUT2D eigenvalue weighted by atomic mass is 9.92. The van der Waals surface area contributed by atoms with Crippen molar-refractivity contribution in [1.29, 1.82) is 0 Å². The molecule has 10 aromatic rings. The van der Waals surface area contributed by atoms with Crippen LogP contribution in [-0.2, 0) is 6.42 Å². The van der Waals surface area contributed by atoms with E-state index in [-0.39, 0.29) is 0 Å². The maximum atomic E-state index is 5.24. The molecule has 68 heavy (non-hydrogen) atoms. The number of aromatic nitrogens is 4. The van der Waals surface area contributed by atoms with Crippen LogP contribution in [0, 0.1) is 0 Å². The van der Waals surface area contributed by atoms with Crippen molar-refractivity contribution in [3.8, 4) is 78.7 Å². The number of hydrogen-bond acceptors (Lipinski definition) is 5. The van der Waals surface area contributed by atoms with Crippen molar-refractivity contribution in [3.05, 3.63) is 272 Å². The van der Waals surface area contributed by atoms with Gasteiger partial charge < -0.3 is 4.90 Å². The predicted octanol–water partition coefficient (Wildman–Crippen LogP) is 15.8. The zero-order valence-corrected chi connectivity index (χ0v) is 37.3. The van der Waals surface area contributed by atoms with E-state index in [1.165, 1.54) is 11.1 Å². The number of benzene rings is 8. The van der Waals surface area contributed by atoms with E-state index in [4.69, 9.17) is 15.0 Å². The molecule has 0 bridgehead atoms. The van der Waals surface area contributed by atoms with Gasteiger partial charge >= 0.3 is 0 Å². The lowest BCUT2D eigenvalue weighted by Crippen LogP contribution is -2.16. The zero-order valence-electron chi connectivity index (χ0n) is 37.3. The molecule has 0 amide bonds. The minimum atomic E-state index is 0.554. The van der Waals surface area contributed by atoms with E-state index in [1.807, 2.05) is 18.2 Å².